The van der Waals surface area contributed by atoms with Gasteiger partial charge in [0.25, 0.3) is 0 Å². The molecule has 1 aromatic rings. The van der Waals surface area contributed by atoms with E-state index in [-0.39, 0.29) is 6.61 Å². The van der Waals surface area contributed by atoms with E-state index >= 15 is 0 Å². The Morgan fingerprint density at radius 3 is 3.31 bits per heavy atom. The van der Waals surface area contributed by atoms with Gasteiger partial charge < -0.3 is 10.1 Å². The van der Waals surface area contributed by atoms with Crippen LogP contribution in [0.4, 0.5) is 0 Å². The molecule has 13 heavy (non-hydrogen) atoms. The Morgan fingerprint density at radius 2 is 2.62 bits per heavy atom. The molecular weight excluding hydrogens is 166 g/mol. The van der Waals surface area contributed by atoms with Crippen molar-refractivity contribution in [1.82, 2.24) is 14.9 Å². The highest BCUT2D eigenvalue weighted by molar-refractivity contribution is 4.90. The molecule has 0 spiro atoms. The van der Waals surface area contributed by atoms with Crippen molar-refractivity contribution in [2.24, 2.45) is 0 Å². The molecule has 1 saturated heterocycles. The first-order valence-corrected chi connectivity index (χ1v) is 4.73. The molecule has 2 N–H and O–H groups in total. The van der Waals surface area contributed by atoms with Crippen LogP contribution in [0.15, 0.2) is 12.4 Å². The molecule has 1 aromatic heterocycles. The topological polar surface area (TPSA) is 52.1 Å². The molecular formula is C9H15N3O. The standard InChI is InChI=1S/C9H15N3O/c13-7-8-2-1-5-12(8)6-9-10-3-4-11-9/h3-4,8,13H,1-2,5-7H2,(H,10,11)/t8-/m1/s1. The van der Waals surface area contributed by atoms with Crippen molar-refractivity contribution in [3.8, 4) is 0 Å². The van der Waals surface area contributed by atoms with Gasteiger partial charge in [0.15, 0.2) is 0 Å². The lowest BCUT2D eigenvalue weighted by molar-refractivity contribution is 0.151. The quantitative estimate of drug-likeness (QED) is 0.708. The van der Waals surface area contributed by atoms with Crippen LogP contribution in [0.2, 0.25) is 0 Å². The second-order valence-electron chi connectivity index (χ2n) is 3.48. The molecule has 2 heterocycles. The van der Waals surface area contributed by atoms with Gasteiger partial charge in [-0.3, -0.25) is 4.90 Å². The molecule has 1 atom stereocenters. The van der Waals surface area contributed by atoms with E-state index in [0.29, 0.717) is 6.04 Å². The highest BCUT2D eigenvalue weighted by Gasteiger charge is 2.23. The van der Waals surface area contributed by atoms with Crippen LogP contribution in [0.3, 0.4) is 0 Å². The molecule has 4 heteroatoms. The SMILES string of the molecule is OC[C@H]1CCCN1Cc1ncc[nH]1. The average molecular weight is 181 g/mol. The van der Waals surface area contributed by atoms with Crippen LogP contribution in [0, 0.1) is 0 Å². The maximum Gasteiger partial charge on any atom is 0.120 e. The van der Waals surface area contributed by atoms with Gasteiger partial charge >= 0.3 is 0 Å². The molecule has 1 aliphatic heterocycles. The summed E-state index contributed by atoms with van der Waals surface area (Å²) < 4.78 is 0. The van der Waals surface area contributed by atoms with Crippen molar-refractivity contribution < 1.29 is 5.11 Å². The molecule has 2 rings (SSSR count). The van der Waals surface area contributed by atoms with E-state index in [9.17, 15) is 0 Å². The lowest BCUT2D eigenvalue weighted by atomic mass is 10.2. The lowest BCUT2D eigenvalue weighted by Gasteiger charge is -2.20. The van der Waals surface area contributed by atoms with E-state index in [2.05, 4.69) is 14.9 Å². The zero-order chi connectivity index (χ0) is 9.10. The van der Waals surface area contributed by atoms with Crippen LogP contribution in [0.1, 0.15) is 18.7 Å². The van der Waals surface area contributed by atoms with Crippen LogP contribution in [0.25, 0.3) is 0 Å². The third kappa shape index (κ3) is 1.89. The van der Waals surface area contributed by atoms with Gasteiger partial charge in [-0.2, -0.15) is 0 Å². The van der Waals surface area contributed by atoms with E-state index in [1.807, 2.05) is 6.20 Å². The van der Waals surface area contributed by atoms with Gasteiger partial charge in [0, 0.05) is 18.4 Å². The van der Waals surface area contributed by atoms with Crippen LogP contribution in [-0.4, -0.2) is 39.2 Å². The van der Waals surface area contributed by atoms with Crippen LogP contribution in [0.5, 0.6) is 0 Å². The van der Waals surface area contributed by atoms with Crippen molar-refractivity contribution in [2.75, 3.05) is 13.2 Å². The molecule has 1 fully saturated rings. The van der Waals surface area contributed by atoms with E-state index < -0.39 is 0 Å². The number of aromatic amines is 1. The first-order valence-electron chi connectivity index (χ1n) is 4.73. The van der Waals surface area contributed by atoms with E-state index in [4.69, 9.17) is 5.11 Å². The highest BCUT2D eigenvalue weighted by Crippen LogP contribution is 2.17. The molecule has 0 aromatic carbocycles. The Bertz CT molecular complexity index is 247. The van der Waals surface area contributed by atoms with Gasteiger partial charge in [-0.25, -0.2) is 4.98 Å². The summed E-state index contributed by atoms with van der Waals surface area (Å²) in [6.45, 7) is 2.17. The first-order chi connectivity index (χ1) is 6.40. The van der Waals surface area contributed by atoms with Crippen molar-refractivity contribution in [1.29, 1.82) is 0 Å². The molecule has 0 unspecified atom stereocenters. The summed E-state index contributed by atoms with van der Waals surface area (Å²) >= 11 is 0. The largest absolute Gasteiger partial charge is 0.395 e. The van der Waals surface area contributed by atoms with Gasteiger partial charge in [0.2, 0.25) is 0 Å². The molecule has 4 nitrogen and oxygen atoms in total. The minimum absolute atomic E-state index is 0.265. The summed E-state index contributed by atoms with van der Waals surface area (Å²) in [5.74, 6) is 0.986. The molecule has 0 amide bonds. The zero-order valence-corrected chi connectivity index (χ0v) is 7.61. The third-order valence-corrected chi connectivity index (χ3v) is 2.62. The third-order valence-electron chi connectivity index (χ3n) is 2.62. The van der Waals surface area contributed by atoms with Crippen molar-refractivity contribution >= 4 is 0 Å². The fourth-order valence-corrected chi connectivity index (χ4v) is 1.89. The number of aliphatic hydroxyl groups is 1. The lowest BCUT2D eigenvalue weighted by Crippen LogP contribution is -2.31. The predicted octanol–water partition coefficient (Wildman–Crippen LogP) is 0.366. The second-order valence-corrected chi connectivity index (χ2v) is 3.48. The van der Waals surface area contributed by atoms with Gasteiger partial charge in [0.05, 0.1) is 13.2 Å². The summed E-state index contributed by atoms with van der Waals surface area (Å²) in [6.07, 6.45) is 5.89. The summed E-state index contributed by atoms with van der Waals surface area (Å²) in [7, 11) is 0. The summed E-state index contributed by atoms with van der Waals surface area (Å²) in [4.78, 5) is 9.52. The van der Waals surface area contributed by atoms with Crippen LogP contribution >= 0.6 is 0 Å². The summed E-state index contributed by atoms with van der Waals surface area (Å²) in [5.41, 5.74) is 0. The number of rotatable bonds is 3. The predicted molar refractivity (Wildman–Crippen MR) is 49.1 cm³/mol. The van der Waals surface area contributed by atoms with E-state index in [0.717, 1.165) is 25.3 Å². The molecule has 0 aliphatic carbocycles. The number of likely N-dealkylation sites (tertiary alicyclic amines) is 1. The Morgan fingerprint density at radius 1 is 1.69 bits per heavy atom. The number of imidazole rings is 1. The number of aromatic nitrogens is 2. The molecule has 0 radical (unpaired) electrons. The minimum atomic E-state index is 0.265. The summed E-state index contributed by atoms with van der Waals surface area (Å²) in [5, 5.41) is 9.09. The number of hydrogen-bond donors (Lipinski definition) is 2. The van der Waals surface area contributed by atoms with E-state index in [1.165, 1.54) is 6.42 Å². The number of hydrogen-bond acceptors (Lipinski definition) is 3. The Labute approximate surface area is 77.6 Å². The van der Waals surface area contributed by atoms with Crippen molar-refractivity contribution in [3.63, 3.8) is 0 Å². The van der Waals surface area contributed by atoms with Crippen molar-refractivity contribution in [2.45, 2.75) is 25.4 Å². The van der Waals surface area contributed by atoms with Crippen LogP contribution < -0.4 is 0 Å². The molecule has 0 bridgehead atoms. The number of nitrogens with one attached hydrogen (secondary N) is 1. The van der Waals surface area contributed by atoms with Gasteiger partial charge in [-0.1, -0.05) is 0 Å². The average Bonchev–Trinajstić information content (AvgIpc) is 2.76. The Kier molecular flexibility index (Phi) is 2.61. The van der Waals surface area contributed by atoms with Gasteiger partial charge in [-0.15, -0.1) is 0 Å². The summed E-state index contributed by atoms with van der Waals surface area (Å²) in [6, 6.07) is 0.338. The molecule has 0 saturated carbocycles. The molecule has 1 aliphatic rings. The maximum absolute atomic E-state index is 9.09. The first kappa shape index (κ1) is 8.72. The number of aliphatic hydroxyl groups excluding tert-OH is 1. The number of nitrogens with zero attached hydrogens (tertiary/aromatic N) is 2. The monoisotopic (exact) mass is 181 g/mol. The maximum atomic E-state index is 9.09. The minimum Gasteiger partial charge on any atom is -0.395 e. The Balaban J connectivity index is 1.94. The van der Waals surface area contributed by atoms with Crippen molar-refractivity contribution in [3.05, 3.63) is 18.2 Å². The van der Waals surface area contributed by atoms with Crippen LogP contribution in [-0.2, 0) is 6.54 Å². The zero-order valence-electron chi connectivity index (χ0n) is 7.61. The number of H-pyrrole nitrogens is 1. The van der Waals surface area contributed by atoms with Gasteiger partial charge in [-0.05, 0) is 19.4 Å². The smallest absolute Gasteiger partial charge is 0.120 e. The fourth-order valence-electron chi connectivity index (χ4n) is 1.89. The van der Waals surface area contributed by atoms with Gasteiger partial charge in [0.1, 0.15) is 5.82 Å². The van der Waals surface area contributed by atoms with E-state index in [1.54, 1.807) is 6.20 Å². The Hall–Kier alpha value is -0.870. The second kappa shape index (κ2) is 3.89. The molecule has 72 valence electrons. The normalized spacial score (nSPS) is 23.9. The fraction of sp³-hybridized carbons (Fsp3) is 0.667. The highest BCUT2D eigenvalue weighted by atomic mass is 16.3.